The first-order valence-corrected chi connectivity index (χ1v) is 6.32. The maximum absolute atomic E-state index is 12.2. The van der Waals surface area contributed by atoms with E-state index in [4.69, 9.17) is 9.84 Å². The number of nitrogens with one attached hydrogen (secondary N) is 1. The Morgan fingerprint density at radius 3 is 2.79 bits per heavy atom. The van der Waals surface area contributed by atoms with E-state index in [9.17, 15) is 4.79 Å². The highest BCUT2D eigenvalue weighted by Crippen LogP contribution is 2.08. The SMILES string of the molecule is CCNc1ccc(C(=O)N(CCO)CCOC)cn1. The van der Waals surface area contributed by atoms with E-state index in [1.165, 1.54) is 6.20 Å². The summed E-state index contributed by atoms with van der Waals surface area (Å²) in [5, 5.41) is 12.1. The third-order valence-corrected chi connectivity index (χ3v) is 2.59. The van der Waals surface area contributed by atoms with E-state index in [1.54, 1.807) is 24.1 Å². The van der Waals surface area contributed by atoms with Crippen molar-refractivity contribution in [1.29, 1.82) is 0 Å². The molecule has 19 heavy (non-hydrogen) atoms. The average molecular weight is 267 g/mol. The lowest BCUT2D eigenvalue weighted by atomic mass is 10.2. The van der Waals surface area contributed by atoms with Crippen molar-refractivity contribution in [3.05, 3.63) is 23.9 Å². The molecule has 1 aromatic heterocycles. The van der Waals surface area contributed by atoms with Crippen molar-refractivity contribution in [1.82, 2.24) is 9.88 Å². The van der Waals surface area contributed by atoms with Crippen molar-refractivity contribution in [3.63, 3.8) is 0 Å². The molecule has 0 aromatic carbocycles. The van der Waals surface area contributed by atoms with Gasteiger partial charge in [-0.25, -0.2) is 4.98 Å². The number of aliphatic hydroxyl groups is 1. The molecule has 1 rings (SSSR count). The second kappa shape index (κ2) is 8.44. The molecule has 0 atom stereocenters. The molecule has 0 aliphatic heterocycles. The van der Waals surface area contributed by atoms with Crippen LogP contribution in [0.15, 0.2) is 18.3 Å². The van der Waals surface area contributed by atoms with E-state index in [2.05, 4.69) is 10.3 Å². The number of pyridine rings is 1. The van der Waals surface area contributed by atoms with Gasteiger partial charge in [-0.3, -0.25) is 4.79 Å². The van der Waals surface area contributed by atoms with Gasteiger partial charge in [0.25, 0.3) is 5.91 Å². The fourth-order valence-electron chi connectivity index (χ4n) is 1.63. The quantitative estimate of drug-likeness (QED) is 0.721. The van der Waals surface area contributed by atoms with Gasteiger partial charge >= 0.3 is 0 Å². The van der Waals surface area contributed by atoms with Gasteiger partial charge in [0.2, 0.25) is 0 Å². The van der Waals surface area contributed by atoms with Crippen LogP contribution in [0.5, 0.6) is 0 Å². The number of anilines is 1. The summed E-state index contributed by atoms with van der Waals surface area (Å²) in [6.07, 6.45) is 1.54. The van der Waals surface area contributed by atoms with Crippen molar-refractivity contribution in [3.8, 4) is 0 Å². The molecule has 106 valence electrons. The van der Waals surface area contributed by atoms with Gasteiger partial charge in [-0.15, -0.1) is 0 Å². The van der Waals surface area contributed by atoms with Gasteiger partial charge in [0.05, 0.1) is 18.8 Å². The number of amides is 1. The third-order valence-electron chi connectivity index (χ3n) is 2.59. The van der Waals surface area contributed by atoms with E-state index in [-0.39, 0.29) is 19.1 Å². The van der Waals surface area contributed by atoms with E-state index >= 15 is 0 Å². The molecule has 2 N–H and O–H groups in total. The molecule has 0 bridgehead atoms. The third kappa shape index (κ3) is 4.84. The maximum atomic E-state index is 12.2. The van der Waals surface area contributed by atoms with Crippen molar-refractivity contribution in [2.45, 2.75) is 6.92 Å². The zero-order chi connectivity index (χ0) is 14.1. The number of hydrogen-bond donors (Lipinski definition) is 2. The van der Waals surface area contributed by atoms with Crippen LogP contribution in [-0.2, 0) is 4.74 Å². The summed E-state index contributed by atoms with van der Waals surface area (Å²) >= 11 is 0. The van der Waals surface area contributed by atoms with E-state index in [0.717, 1.165) is 12.4 Å². The second-order valence-corrected chi connectivity index (χ2v) is 3.97. The lowest BCUT2D eigenvalue weighted by Crippen LogP contribution is -2.36. The minimum Gasteiger partial charge on any atom is -0.395 e. The normalized spacial score (nSPS) is 10.3. The standard InChI is InChI=1S/C13H21N3O3/c1-3-14-12-5-4-11(10-15-12)13(18)16(6-8-17)7-9-19-2/h4-5,10,17H,3,6-9H2,1-2H3,(H,14,15). The highest BCUT2D eigenvalue weighted by Gasteiger charge is 2.15. The van der Waals surface area contributed by atoms with Crippen LogP contribution in [0, 0.1) is 0 Å². The van der Waals surface area contributed by atoms with Gasteiger partial charge < -0.3 is 20.1 Å². The van der Waals surface area contributed by atoms with Crippen LogP contribution in [-0.4, -0.2) is 60.9 Å². The summed E-state index contributed by atoms with van der Waals surface area (Å²) in [5.74, 6) is 0.589. The topological polar surface area (TPSA) is 74.7 Å². The minimum atomic E-state index is -0.151. The number of carbonyl (C=O) groups excluding carboxylic acids is 1. The number of ether oxygens (including phenoxy) is 1. The smallest absolute Gasteiger partial charge is 0.255 e. The molecule has 0 saturated heterocycles. The van der Waals surface area contributed by atoms with Crippen molar-refractivity contribution >= 4 is 11.7 Å². The van der Waals surface area contributed by atoms with Gasteiger partial charge in [0.15, 0.2) is 0 Å². The largest absolute Gasteiger partial charge is 0.395 e. The summed E-state index contributed by atoms with van der Waals surface area (Å²) < 4.78 is 4.95. The molecule has 0 radical (unpaired) electrons. The van der Waals surface area contributed by atoms with E-state index < -0.39 is 0 Å². The predicted octanol–water partition coefficient (Wildman–Crippen LogP) is 0.594. The summed E-state index contributed by atoms with van der Waals surface area (Å²) in [5.41, 5.74) is 0.506. The van der Waals surface area contributed by atoms with Gasteiger partial charge in [-0.2, -0.15) is 0 Å². The first-order chi connectivity index (χ1) is 9.22. The summed E-state index contributed by atoms with van der Waals surface area (Å²) in [7, 11) is 1.58. The Hall–Kier alpha value is -1.66. The molecule has 0 saturated carbocycles. The Balaban J connectivity index is 2.71. The Morgan fingerprint density at radius 2 is 2.26 bits per heavy atom. The van der Waals surface area contributed by atoms with Crippen LogP contribution in [0.3, 0.4) is 0 Å². The fraction of sp³-hybridized carbons (Fsp3) is 0.538. The number of rotatable bonds is 8. The molecule has 0 unspecified atom stereocenters. The molecule has 0 aliphatic carbocycles. The molecule has 1 heterocycles. The highest BCUT2D eigenvalue weighted by atomic mass is 16.5. The number of carbonyl (C=O) groups is 1. The van der Waals surface area contributed by atoms with Crippen LogP contribution in [0.1, 0.15) is 17.3 Å². The van der Waals surface area contributed by atoms with Gasteiger partial charge in [0, 0.05) is 32.9 Å². The highest BCUT2D eigenvalue weighted by molar-refractivity contribution is 5.94. The number of methoxy groups -OCH3 is 1. The summed E-state index contributed by atoms with van der Waals surface area (Å²) in [6, 6.07) is 3.49. The van der Waals surface area contributed by atoms with Crippen molar-refractivity contribution in [2.75, 3.05) is 45.3 Å². The zero-order valence-corrected chi connectivity index (χ0v) is 11.4. The zero-order valence-electron chi connectivity index (χ0n) is 11.4. The van der Waals surface area contributed by atoms with Crippen LogP contribution < -0.4 is 5.32 Å². The molecule has 6 nitrogen and oxygen atoms in total. The summed E-state index contributed by atoms with van der Waals surface area (Å²) in [6.45, 7) is 3.87. The van der Waals surface area contributed by atoms with E-state index in [1.807, 2.05) is 6.92 Å². The van der Waals surface area contributed by atoms with Crippen LogP contribution in [0.25, 0.3) is 0 Å². The lowest BCUT2D eigenvalue weighted by molar-refractivity contribution is 0.0656. The molecule has 0 fully saturated rings. The Labute approximate surface area is 113 Å². The number of aromatic nitrogens is 1. The first-order valence-electron chi connectivity index (χ1n) is 6.32. The van der Waals surface area contributed by atoms with Gasteiger partial charge in [-0.05, 0) is 19.1 Å². The Kier molecular flexibility index (Phi) is 6.84. The average Bonchev–Trinajstić information content (AvgIpc) is 2.44. The Morgan fingerprint density at radius 1 is 1.47 bits per heavy atom. The molecule has 1 aromatic rings. The first kappa shape index (κ1) is 15.4. The van der Waals surface area contributed by atoms with Crippen LogP contribution in [0.2, 0.25) is 0 Å². The van der Waals surface area contributed by atoms with Gasteiger partial charge in [-0.1, -0.05) is 0 Å². The van der Waals surface area contributed by atoms with Crippen molar-refractivity contribution in [2.24, 2.45) is 0 Å². The number of hydrogen-bond acceptors (Lipinski definition) is 5. The monoisotopic (exact) mass is 267 g/mol. The van der Waals surface area contributed by atoms with E-state index in [0.29, 0.717) is 18.7 Å². The van der Waals surface area contributed by atoms with Crippen LogP contribution in [0.4, 0.5) is 5.82 Å². The van der Waals surface area contributed by atoms with Gasteiger partial charge in [0.1, 0.15) is 5.82 Å². The number of aliphatic hydroxyl groups excluding tert-OH is 1. The van der Waals surface area contributed by atoms with Crippen LogP contribution >= 0.6 is 0 Å². The molecule has 6 heteroatoms. The molecular formula is C13H21N3O3. The molecular weight excluding hydrogens is 246 g/mol. The number of nitrogens with zero attached hydrogens (tertiary/aromatic N) is 2. The minimum absolute atomic E-state index is 0.0711. The fourth-order valence-corrected chi connectivity index (χ4v) is 1.63. The second-order valence-electron chi connectivity index (χ2n) is 3.97. The predicted molar refractivity (Wildman–Crippen MR) is 73.3 cm³/mol. The van der Waals surface area contributed by atoms with Crippen molar-refractivity contribution < 1.29 is 14.6 Å². The summed E-state index contributed by atoms with van der Waals surface area (Å²) in [4.78, 5) is 17.9. The molecule has 0 aliphatic rings. The lowest BCUT2D eigenvalue weighted by Gasteiger charge is -2.21. The maximum Gasteiger partial charge on any atom is 0.255 e. The molecule has 1 amide bonds. The Bertz CT molecular complexity index is 381. The molecule has 0 spiro atoms.